The Hall–Kier alpha value is -2.88. The first-order valence-electron chi connectivity index (χ1n) is 8.95. The first-order valence-corrected chi connectivity index (χ1v) is 8.95. The predicted octanol–water partition coefficient (Wildman–Crippen LogP) is 5.40. The maximum Gasteiger partial charge on any atom is 0.354 e. The van der Waals surface area contributed by atoms with Gasteiger partial charge in [0.2, 0.25) is 0 Å². The normalized spacial score (nSPS) is 9.90. The van der Waals surface area contributed by atoms with E-state index >= 15 is 0 Å². The molecule has 0 amide bonds. The molecule has 0 aliphatic rings. The van der Waals surface area contributed by atoms with Crippen LogP contribution in [0.4, 0.5) is 0 Å². The molecule has 0 bridgehead atoms. The number of carboxylic acids is 1. The van der Waals surface area contributed by atoms with Gasteiger partial charge in [-0.1, -0.05) is 49.7 Å². The Morgan fingerprint density at radius 2 is 1.69 bits per heavy atom. The summed E-state index contributed by atoms with van der Waals surface area (Å²) in [4.78, 5) is 18.5. The van der Waals surface area contributed by atoms with Crippen molar-refractivity contribution in [2.24, 2.45) is 0 Å². The minimum absolute atomic E-state index is 0. The van der Waals surface area contributed by atoms with Crippen LogP contribution in [0.25, 0.3) is 22.2 Å². The summed E-state index contributed by atoms with van der Waals surface area (Å²) in [5.74, 6) is -0.990. The van der Waals surface area contributed by atoms with Gasteiger partial charge < -0.3 is 5.11 Å². The number of aromatic carboxylic acids is 1. The van der Waals surface area contributed by atoms with Crippen LogP contribution in [0, 0.1) is 26.8 Å². The van der Waals surface area contributed by atoms with Crippen LogP contribution in [-0.4, -0.2) is 21.0 Å². The zero-order chi connectivity index (χ0) is 20.1. The number of pyridine rings is 2. The molecule has 4 aromatic rings. The van der Waals surface area contributed by atoms with E-state index < -0.39 is 5.97 Å². The van der Waals surface area contributed by atoms with Gasteiger partial charge in [-0.25, -0.2) is 9.78 Å². The fourth-order valence-corrected chi connectivity index (χ4v) is 3.01. The number of aryl methyl sites for hydroxylation is 3. The van der Waals surface area contributed by atoms with Crippen LogP contribution in [0.15, 0.2) is 66.9 Å². The van der Waals surface area contributed by atoms with Gasteiger partial charge in [-0.15, -0.1) is 34.9 Å². The van der Waals surface area contributed by atoms with Crippen molar-refractivity contribution >= 4 is 16.9 Å². The van der Waals surface area contributed by atoms with Gasteiger partial charge in [0.1, 0.15) is 5.69 Å². The number of fused-ring (bicyclic) bond motifs is 1. The average Bonchev–Trinajstić information content (AvgIpc) is 2.68. The quantitative estimate of drug-likeness (QED) is 0.333. The molecule has 2 heterocycles. The van der Waals surface area contributed by atoms with Gasteiger partial charge >= 0.3 is 5.97 Å². The Labute approximate surface area is 184 Å². The van der Waals surface area contributed by atoms with Gasteiger partial charge in [0.05, 0.1) is 5.52 Å². The second-order valence-corrected chi connectivity index (χ2v) is 6.62. The third-order valence-corrected chi connectivity index (χ3v) is 4.20. The molecule has 1 N–H and O–H groups in total. The number of nitrogens with zero attached hydrogens (tertiary/aromatic N) is 2. The Bertz CT molecular complexity index is 1110. The second-order valence-electron chi connectivity index (χ2n) is 6.62. The predicted molar refractivity (Wildman–Crippen MR) is 111 cm³/mol. The third kappa shape index (κ3) is 5.80. The number of hydrogen-bond acceptors (Lipinski definition) is 3. The zero-order valence-corrected chi connectivity index (χ0v) is 18.8. The molecule has 0 atom stereocenters. The van der Waals surface area contributed by atoms with Crippen molar-refractivity contribution in [2.45, 2.75) is 20.8 Å². The number of rotatable bonds is 2. The first-order chi connectivity index (χ1) is 13.4. The zero-order valence-electron chi connectivity index (χ0n) is 16.4. The molecule has 4 rings (SSSR count). The van der Waals surface area contributed by atoms with Crippen LogP contribution in [0.2, 0.25) is 0 Å². The summed E-state index contributed by atoms with van der Waals surface area (Å²) in [6.45, 7) is 6.30. The van der Waals surface area contributed by atoms with Crippen molar-refractivity contribution in [3.63, 3.8) is 0 Å². The summed E-state index contributed by atoms with van der Waals surface area (Å²) in [6, 6.07) is 22.9. The number of para-hydroxylation sites is 1. The SMILES string of the molecule is Cc1[c-]c(-c2nc3ccccc3cc2C)cc(C)c1.O=C(O)c1ccccn1.[Ir]. The molecule has 29 heavy (non-hydrogen) atoms. The Morgan fingerprint density at radius 3 is 2.31 bits per heavy atom. The van der Waals surface area contributed by atoms with E-state index in [9.17, 15) is 4.79 Å². The number of carboxylic acid groups (broad SMARTS) is 1. The van der Waals surface area contributed by atoms with E-state index in [0.717, 1.165) is 22.3 Å². The number of carbonyl (C=O) groups is 1. The monoisotopic (exact) mass is 562 g/mol. The molecular formula is C24H21IrN2O2-. The maximum absolute atomic E-state index is 10.1. The molecule has 2 aromatic carbocycles. The van der Waals surface area contributed by atoms with Gasteiger partial charge in [-0.05, 0) is 36.2 Å². The van der Waals surface area contributed by atoms with Crippen LogP contribution in [-0.2, 0) is 20.1 Å². The Balaban J connectivity index is 0.000000255. The van der Waals surface area contributed by atoms with E-state index in [1.165, 1.54) is 28.8 Å². The minimum atomic E-state index is -0.990. The summed E-state index contributed by atoms with van der Waals surface area (Å²) in [5.41, 5.74) is 6.84. The number of aromatic nitrogens is 2. The van der Waals surface area contributed by atoms with Crippen molar-refractivity contribution in [1.82, 2.24) is 9.97 Å². The first kappa shape index (κ1) is 22.4. The van der Waals surface area contributed by atoms with Crippen LogP contribution in [0.3, 0.4) is 0 Å². The average molecular weight is 562 g/mol. The van der Waals surface area contributed by atoms with Crippen LogP contribution in [0.1, 0.15) is 27.2 Å². The maximum atomic E-state index is 10.1. The molecule has 4 nitrogen and oxygen atoms in total. The topological polar surface area (TPSA) is 63.1 Å². The van der Waals surface area contributed by atoms with E-state index in [2.05, 4.69) is 62.2 Å². The van der Waals surface area contributed by atoms with Crippen LogP contribution in [0.5, 0.6) is 0 Å². The smallest absolute Gasteiger partial charge is 0.354 e. The summed E-state index contributed by atoms with van der Waals surface area (Å²) in [5, 5.41) is 9.51. The molecular weight excluding hydrogens is 540 g/mol. The molecule has 0 unspecified atom stereocenters. The van der Waals surface area contributed by atoms with E-state index in [1.807, 2.05) is 12.1 Å². The van der Waals surface area contributed by atoms with Crippen molar-refractivity contribution in [3.05, 3.63) is 95.3 Å². The van der Waals surface area contributed by atoms with E-state index in [-0.39, 0.29) is 25.8 Å². The minimum Gasteiger partial charge on any atom is -0.477 e. The Morgan fingerprint density at radius 1 is 0.966 bits per heavy atom. The van der Waals surface area contributed by atoms with E-state index in [1.54, 1.807) is 12.1 Å². The van der Waals surface area contributed by atoms with Gasteiger partial charge in [-0.2, -0.15) is 0 Å². The van der Waals surface area contributed by atoms with Gasteiger partial charge in [0, 0.05) is 26.3 Å². The molecule has 2 aromatic heterocycles. The largest absolute Gasteiger partial charge is 0.477 e. The molecule has 0 fully saturated rings. The molecule has 149 valence electrons. The van der Waals surface area contributed by atoms with Crippen molar-refractivity contribution in [1.29, 1.82) is 0 Å². The van der Waals surface area contributed by atoms with Crippen molar-refractivity contribution < 1.29 is 30.0 Å². The van der Waals surface area contributed by atoms with E-state index in [4.69, 9.17) is 10.1 Å². The molecule has 0 saturated heterocycles. The molecule has 5 heteroatoms. The number of hydrogen-bond donors (Lipinski definition) is 1. The molecule has 0 aliphatic heterocycles. The summed E-state index contributed by atoms with van der Waals surface area (Å²) in [6.07, 6.45) is 1.45. The van der Waals surface area contributed by atoms with Crippen molar-refractivity contribution in [3.8, 4) is 11.3 Å². The summed E-state index contributed by atoms with van der Waals surface area (Å²) < 4.78 is 0. The molecule has 0 aliphatic carbocycles. The van der Waals surface area contributed by atoms with Crippen LogP contribution >= 0.6 is 0 Å². The third-order valence-electron chi connectivity index (χ3n) is 4.20. The van der Waals surface area contributed by atoms with E-state index in [0.29, 0.717) is 0 Å². The fourth-order valence-electron chi connectivity index (χ4n) is 3.01. The summed E-state index contributed by atoms with van der Waals surface area (Å²) >= 11 is 0. The summed E-state index contributed by atoms with van der Waals surface area (Å²) in [7, 11) is 0. The fraction of sp³-hybridized carbons (Fsp3) is 0.125. The van der Waals surface area contributed by atoms with Crippen molar-refractivity contribution in [2.75, 3.05) is 0 Å². The standard InChI is InChI=1S/C18H16N.C6H5NO2.Ir/c1-12-8-13(2)10-16(9-12)18-14(3)11-15-6-4-5-7-17(15)19-18;8-6(9)5-3-1-2-4-7-5;/h4-9,11H,1-3H3;1-4H,(H,8,9);/q-1;;. The van der Waals surface area contributed by atoms with Crippen LogP contribution < -0.4 is 0 Å². The number of benzene rings is 2. The van der Waals surface area contributed by atoms with Gasteiger partial charge in [0.15, 0.2) is 0 Å². The van der Waals surface area contributed by atoms with Gasteiger partial charge in [-0.3, -0.25) is 4.98 Å². The molecule has 0 saturated carbocycles. The Kier molecular flexibility index (Phi) is 7.77. The molecule has 0 spiro atoms. The second kappa shape index (κ2) is 10.1. The van der Waals surface area contributed by atoms with Gasteiger partial charge in [0.25, 0.3) is 0 Å². The molecule has 1 radical (unpaired) electrons.